The molecule has 0 spiro atoms. The Morgan fingerprint density at radius 1 is 0.900 bits per heavy atom. The minimum Gasteiger partial charge on any atom is -0.464 e. The molecule has 0 bridgehead atoms. The van der Waals surface area contributed by atoms with Crippen molar-refractivity contribution in [3.63, 3.8) is 0 Å². The number of rotatable bonds is 9. The third-order valence-corrected chi connectivity index (χ3v) is 9.01. The van der Waals surface area contributed by atoms with Gasteiger partial charge in [0.1, 0.15) is 34.9 Å². The van der Waals surface area contributed by atoms with Crippen molar-refractivity contribution in [1.29, 1.82) is 5.26 Å². The molecule has 2 saturated heterocycles. The first kappa shape index (κ1) is 40.5. The number of nitrogens with one attached hydrogen (secondary N) is 1. The van der Waals surface area contributed by atoms with Crippen molar-refractivity contribution in [2.75, 3.05) is 13.2 Å². The number of piperidine rings is 1. The monoisotopic (exact) mass is 704 g/mol. The van der Waals surface area contributed by atoms with Crippen LogP contribution in [0.4, 0.5) is 9.59 Å². The molecule has 6 atom stereocenters. The Morgan fingerprint density at radius 3 is 1.96 bits per heavy atom. The summed E-state index contributed by atoms with van der Waals surface area (Å²) in [5.74, 6) is -3.70. The van der Waals surface area contributed by atoms with Crippen LogP contribution < -0.4 is 5.32 Å². The Bertz CT molecular complexity index is 1410. The smallest absolute Gasteiger partial charge is 0.417 e. The minimum absolute atomic E-state index is 0.0474. The van der Waals surface area contributed by atoms with Crippen LogP contribution >= 0.6 is 0 Å². The molecule has 1 saturated carbocycles. The minimum atomic E-state index is -1.36. The average molecular weight is 705 g/mol. The van der Waals surface area contributed by atoms with E-state index in [4.69, 9.17) is 18.9 Å². The van der Waals surface area contributed by atoms with Gasteiger partial charge in [-0.05, 0) is 92.4 Å². The molecular weight excluding hydrogens is 648 g/mol. The molecule has 50 heavy (non-hydrogen) atoms. The van der Waals surface area contributed by atoms with Gasteiger partial charge in [0.15, 0.2) is 0 Å². The number of esters is 2. The Kier molecular flexibility index (Phi) is 11.4. The molecule has 1 N–H and O–H groups in total. The fraction of sp³-hybridized carbons (Fsp3) is 0.806. The summed E-state index contributed by atoms with van der Waals surface area (Å²) in [5, 5.41) is 12.8. The van der Waals surface area contributed by atoms with E-state index in [-0.39, 0.29) is 43.1 Å². The van der Waals surface area contributed by atoms with E-state index in [2.05, 4.69) is 5.32 Å². The number of carbonyl (C=O) groups is 6. The number of likely N-dealkylation sites (tertiary alicyclic amines) is 2. The second-order valence-electron chi connectivity index (χ2n) is 18.1. The van der Waals surface area contributed by atoms with Gasteiger partial charge in [-0.1, -0.05) is 27.7 Å². The largest absolute Gasteiger partial charge is 0.464 e. The van der Waals surface area contributed by atoms with Crippen LogP contribution in [0.25, 0.3) is 0 Å². The number of nitrogens with zero attached hydrogens (tertiary/aromatic N) is 3. The third kappa shape index (κ3) is 10.1. The fourth-order valence-corrected chi connectivity index (χ4v) is 6.72. The molecule has 0 aromatic rings. The zero-order chi connectivity index (χ0) is 38.4. The highest BCUT2D eigenvalue weighted by molar-refractivity contribution is 6.01. The number of ether oxygens (including phenoxy) is 4. The molecule has 14 nitrogen and oxygen atoms in total. The lowest BCUT2D eigenvalue weighted by Gasteiger charge is -2.32. The summed E-state index contributed by atoms with van der Waals surface area (Å²) < 4.78 is 22.0. The predicted molar refractivity (Wildman–Crippen MR) is 180 cm³/mol. The molecule has 2 aliphatic heterocycles. The Morgan fingerprint density at radius 2 is 1.44 bits per heavy atom. The van der Waals surface area contributed by atoms with Gasteiger partial charge in [-0.25, -0.2) is 19.3 Å². The molecule has 3 aliphatic rings. The molecule has 2 unspecified atom stereocenters. The van der Waals surface area contributed by atoms with Gasteiger partial charge in [-0.2, -0.15) is 5.26 Å². The van der Waals surface area contributed by atoms with Crippen molar-refractivity contribution < 1.29 is 47.7 Å². The summed E-state index contributed by atoms with van der Waals surface area (Å²) >= 11 is 0. The lowest BCUT2D eigenvalue weighted by Crippen LogP contribution is -2.53. The van der Waals surface area contributed by atoms with E-state index in [1.807, 2.05) is 19.9 Å². The molecule has 14 heteroatoms. The van der Waals surface area contributed by atoms with Crippen LogP contribution in [-0.4, -0.2) is 93.8 Å². The van der Waals surface area contributed by atoms with Crippen LogP contribution in [0, 0.1) is 39.9 Å². The summed E-state index contributed by atoms with van der Waals surface area (Å²) in [4.78, 5) is 81.7. The summed E-state index contributed by atoms with van der Waals surface area (Å²) in [6, 6.07) is -1.38. The van der Waals surface area contributed by atoms with E-state index < -0.39 is 82.2 Å². The zero-order valence-electron chi connectivity index (χ0n) is 31.9. The van der Waals surface area contributed by atoms with Crippen molar-refractivity contribution in [2.24, 2.45) is 28.6 Å². The van der Waals surface area contributed by atoms with E-state index in [0.29, 0.717) is 11.4 Å². The summed E-state index contributed by atoms with van der Waals surface area (Å²) in [6.45, 7) is 22.9. The van der Waals surface area contributed by atoms with Crippen LogP contribution in [0.5, 0.6) is 0 Å². The lowest BCUT2D eigenvalue weighted by atomic mass is 9.90. The number of amides is 4. The molecule has 0 aromatic heterocycles. The lowest BCUT2D eigenvalue weighted by molar-refractivity contribution is -0.162. The van der Waals surface area contributed by atoms with Crippen molar-refractivity contribution in [3.8, 4) is 6.07 Å². The Labute approximate surface area is 295 Å². The van der Waals surface area contributed by atoms with E-state index in [1.54, 1.807) is 76.2 Å². The second kappa shape index (κ2) is 14.0. The molecule has 0 aromatic carbocycles. The molecule has 0 radical (unpaired) electrons. The number of hydrogen-bond acceptors (Lipinski definition) is 11. The Hall–Kier alpha value is -3.89. The normalized spacial score (nSPS) is 25.2. The van der Waals surface area contributed by atoms with Crippen LogP contribution in [0.2, 0.25) is 0 Å². The van der Waals surface area contributed by atoms with Crippen LogP contribution in [0.15, 0.2) is 0 Å². The average Bonchev–Trinajstić information content (AvgIpc) is 3.21. The van der Waals surface area contributed by atoms with Crippen LogP contribution in [-0.2, 0) is 38.1 Å². The molecule has 4 amide bonds. The highest BCUT2D eigenvalue weighted by Gasteiger charge is 2.70. The second-order valence-corrected chi connectivity index (χ2v) is 18.1. The maximum Gasteiger partial charge on any atom is 0.417 e. The Balaban J connectivity index is 1.76. The van der Waals surface area contributed by atoms with E-state index in [1.165, 1.54) is 4.90 Å². The van der Waals surface area contributed by atoms with Crippen molar-refractivity contribution >= 4 is 35.9 Å². The third-order valence-electron chi connectivity index (χ3n) is 9.01. The maximum atomic E-state index is 13.7. The number of fused-ring (bicyclic) bond motifs is 1. The topological polar surface area (TPSA) is 182 Å². The maximum absolute atomic E-state index is 13.7. The molecule has 3 rings (SSSR count). The number of hydrogen-bond donors (Lipinski definition) is 1. The van der Waals surface area contributed by atoms with Crippen molar-refractivity contribution in [1.82, 2.24) is 15.1 Å². The van der Waals surface area contributed by atoms with Gasteiger partial charge in [-0.15, -0.1) is 0 Å². The van der Waals surface area contributed by atoms with Crippen molar-refractivity contribution in [3.05, 3.63) is 0 Å². The zero-order valence-corrected chi connectivity index (χ0v) is 31.9. The summed E-state index contributed by atoms with van der Waals surface area (Å²) in [6.07, 6.45) is -2.09. The highest BCUT2D eigenvalue weighted by Crippen LogP contribution is 2.65. The van der Waals surface area contributed by atoms with Crippen LogP contribution in [0.3, 0.4) is 0 Å². The van der Waals surface area contributed by atoms with Gasteiger partial charge in [-0.3, -0.25) is 19.3 Å². The molecule has 2 heterocycles. The first-order valence-electron chi connectivity index (χ1n) is 17.2. The number of carbonyl (C=O) groups excluding carboxylic acids is 6. The molecular formula is C36H56N4O10. The van der Waals surface area contributed by atoms with Gasteiger partial charge in [0.2, 0.25) is 11.8 Å². The molecule has 1 aliphatic carbocycles. The fourth-order valence-electron chi connectivity index (χ4n) is 6.72. The standard InChI is InChI=1S/C36H56N4O10/c1-32(2,3)48-24(41)16-35(10,11)19-47-29(44)23-15-20(28(43)40(23)31(46)50-34(7,8)9)14-21(17-37)38-27(42)26-25-22(36(25,12)13)18-39(26)30(45)49-33(4,5)6/h20-23,25-26H,14-16,18-19H2,1-13H3,(H,38,42)/t20-,21?,22+,23+,25?,26+/m1/s1. The molecule has 3 fully saturated rings. The first-order chi connectivity index (χ1) is 22.6. The number of imide groups is 1. The summed E-state index contributed by atoms with van der Waals surface area (Å²) in [5.41, 5.74) is -3.46. The van der Waals surface area contributed by atoms with E-state index in [9.17, 15) is 34.0 Å². The predicted octanol–water partition coefficient (Wildman–Crippen LogP) is 4.73. The SMILES string of the molecule is CC(C)(COC(=O)[C@@H]1C[C@@H](CC(C#N)NC(=O)[C@@H]2C3[C@H](CN2C(=O)OC(C)(C)C)C3(C)C)C(=O)N1C(=O)OC(C)(C)C)CC(=O)OC(C)(C)C. The van der Waals surface area contributed by atoms with Gasteiger partial charge in [0, 0.05) is 17.9 Å². The van der Waals surface area contributed by atoms with Crippen LogP contribution in [0.1, 0.15) is 109 Å². The van der Waals surface area contributed by atoms with Crippen molar-refractivity contribution in [2.45, 2.75) is 144 Å². The number of nitriles is 1. The quantitative estimate of drug-likeness (QED) is 0.259. The molecule has 280 valence electrons. The van der Waals surface area contributed by atoms with Gasteiger partial charge in [0.05, 0.1) is 19.1 Å². The highest BCUT2D eigenvalue weighted by atomic mass is 16.6. The first-order valence-corrected chi connectivity index (χ1v) is 17.2. The van der Waals surface area contributed by atoms with Gasteiger partial charge < -0.3 is 24.3 Å². The van der Waals surface area contributed by atoms with E-state index >= 15 is 0 Å². The summed E-state index contributed by atoms with van der Waals surface area (Å²) in [7, 11) is 0. The van der Waals surface area contributed by atoms with E-state index in [0.717, 1.165) is 0 Å². The van der Waals surface area contributed by atoms with Gasteiger partial charge in [0.25, 0.3) is 0 Å². The van der Waals surface area contributed by atoms with Gasteiger partial charge >= 0.3 is 24.1 Å².